The maximum atomic E-state index is 11.7. The first-order valence-electron chi connectivity index (χ1n) is 6.61. The van der Waals surface area contributed by atoms with Crippen molar-refractivity contribution < 1.29 is 9.90 Å². The number of hydrogen-bond donors (Lipinski definition) is 3. The predicted octanol–water partition coefficient (Wildman–Crippen LogP) is 2.92. The zero-order valence-corrected chi connectivity index (χ0v) is 13.1. The van der Waals surface area contributed by atoms with Crippen molar-refractivity contribution in [1.29, 1.82) is 0 Å². The number of aliphatic hydroxyl groups is 1. The van der Waals surface area contributed by atoms with Crippen molar-refractivity contribution in [3.05, 3.63) is 63.9 Å². The lowest BCUT2D eigenvalue weighted by atomic mass is 10.1. The number of carbonyl (C=O) groups is 1. The highest BCUT2D eigenvalue weighted by molar-refractivity contribution is 6.35. The fraction of sp³-hybridized carbons (Fsp3) is 0.200. The number of urea groups is 1. The quantitative estimate of drug-likeness (QED) is 0.783. The molecule has 1 unspecified atom stereocenters. The Morgan fingerprint density at radius 1 is 1.23 bits per heavy atom. The first-order chi connectivity index (χ1) is 10.6. The number of hydrogen-bond acceptors (Lipinski definition) is 3. The predicted molar refractivity (Wildman–Crippen MR) is 85.9 cm³/mol. The molecule has 0 fully saturated rings. The summed E-state index contributed by atoms with van der Waals surface area (Å²) in [5, 5.41) is 16.1. The Bertz CT molecular complexity index is 638. The van der Waals surface area contributed by atoms with Gasteiger partial charge < -0.3 is 15.7 Å². The molecule has 5 nitrogen and oxygen atoms in total. The number of aliphatic hydroxyl groups excluding tert-OH is 1. The molecule has 2 rings (SSSR count). The summed E-state index contributed by atoms with van der Waals surface area (Å²) in [6.45, 7) is 0.347. The van der Waals surface area contributed by atoms with E-state index in [1.165, 1.54) is 0 Å². The fourth-order valence-electron chi connectivity index (χ4n) is 1.81. The minimum atomic E-state index is -0.912. The van der Waals surface area contributed by atoms with Crippen LogP contribution in [-0.2, 0) is 6.54 Å². The van der Waals surface area contributed by atoms with Crippen LogP contribution in [0.1, 0.15) is 17.4 Å². The Hall–Kier alpha value is -1.82. The van der Waals surface area contributed by atoms with E-state index in [-0.39, 0.29) is 6.54 Å². The lowest BCUT2D eigenvalue weighted by molar-refractivity contribution is 0.173. The molecule has 0 aliphatic rings. The molecule has 1 aromatic carbocycles. The van der Waals surface area contributed by atoms with Gasteiger partial charge in [-0.15, -0.1) is 0 Å². The van der Waals surface area contributed by atoms with Gasteiger partial charge in [-0.05, 0) is 24.3 Å². The molecule has 0 saturated carbocycles. The van der Waals surface area contributed by atoms with E-state index in [4.69, 9.17) is 23.2 Å². The van der Waals surface area contributed by atoms with Crippen LogP contribution < -0.4 is 10.6 Å². The van der Waals surface area contributed by atoms with Gasteiger partial charge in [0.15, 0.2) is 0 Å². The number of nitrogens with zero attached hydrogens (tertiary/aromatic N) is 1. The van der Waals surface area contributed by atoms with Gasteiger partial charge in [-0.1, -0.05) is 35.3 Å². The number of rotatable bonds is 5. The molecule has 22 heavy (non-hydrogen) atoms. The van der Waals surface area contributed by atoms with Crippen molar-refractivity contribution in [2.24, 2.45) is 0 Å². The normalized spacial score (nSPS) is 11.8. The Balaban J connectivity index is 1.80. The van der Waals surface area contributed by atoms with Gasteiger partial charge >= 0.3 is 6.03 Å². The van der Waals surface area contributed by atoms with Gasteiger partial charge in [0.05, 0.1) is 18.3 Å². The molecule has 1 atom stereocenters. The van der Waals surface area contributed by atoms with E-state index in [1.54, 1.807) is 30.5 Å². The van der Waals surface area contributed by atoms with Crippen molar-refractivity contribution in [3.8, 4) is 0 Å². The van der Waals surface area contributed by atoms with Crippen LogP contribution in [0.3, 0.4) is 0 Å². The Kier molecular flexibility index (Phi) is 6.00. The molecule has 0 aliphatic carbocycles. The number of halogens is 2. The van der Waals surface area contributed by atoms with Gasteiger partial charge in [0.25, 0.3) is 0 Å². The highest BCUT2D eigenvalue weighted by atomic mass is 35.5. The van der Waals surface area contributed by atoms with E-state index >= 15 is 0 Å². The third-order valence-corrected chi connectivity index (χ3v) is 3.50. The number of nitrogens with one attached hydrogen (secondary N) is 2. The van der Waals surface area contributed by atoms with Crippen molar-refractivity contribution >= 4 is 29.2 Å². The van der Waals surface area contributed by atoms with E-state index in [0.717, 1.165) is 5.69 Å². The summed E-state index contributed by atoms with van der Waals surface area (Å²) in [5.41, 5.74) is 1.26. The molecule has 0 aliphatic heterocycles. The Labute approximate surface area is 138 Å². The summed E-state index contributed by atoms with van der Waals surface area (Å²) < 4.78 is 0. The standard InChI is InChI=1S/C15H15Cl2N3O2/c16-10-4-5-12(13(17)7-10)14(21)9-20-15(22)19-8-11-3-1-2-6-18-11/h1-7,14,21H,8-9H2,(H2,19,20,22). The summed E-state index contributed by atoms with van der Waals surface area (Å²) in [5.74, 6) is 0. The molecular weight excluding hydrogens is 325 g/mol. The second kappa shape index (κ2) is 7.98. The van der Waals surface area contributed by atoms with Gasteiger partial charge in [0.1, 0.15) is 0 Å². The minimum Gasteiger partial charge on any atom is -0.387 e. The first kappa shape index (κ1) is 16.5. The average Bonchev–Trinajstić information content (AvgIpc) is 2.51. The Morgan fingerprint density at radius 2 is 2.05 bits per heavy atom. The molecule has 3 N–H and O–H groups in total. The summed E-state index contributed by atoms with van der Waals surface area (Å²) >= 11 is 11.8. The van der Waals surface area contributed by atoms with E-state index in [9.17, 15) is 9.90 Å². The molecule has 116 valence electrons. The number of carbonyl (C=O) groups excluding carboxylic acids is 1. The van der Waals surface area contributed by atoms with Crippen LogP contribution in [0.5, 0.6) is 0 Å². The van der Waals surface area contributed by atoms with Crippen LogP contribution in [0.4, 0.5) is 4.79 Å². The van der Waals surface area contributed by atoms with Gasteiger partial charge in [-0.2, -0.15) is 0 Å². The maximum absolute atomic E-state index is 11.7. The highest BCUT2D eigenvalue weighted by Gasteiger charge is 2.13. The van der Waals surface area contributed by atoms with Crippen LogP contribution in [0, 0.1) is 0 Å². The topological polar surface area (TPSA) is 74.2 Å². The first-order valence-corrected chi connectivity index (χ1v) is 7.36. The molecule has 0 saturated heterocycles. The lowest BCUT2D eigenvalue weighted by Gasteiger charge is -2.14. The summed E-state index contributed by atoms with van der Waals surface area (Å²) in [6.07, 6.45) is 0.742. The minimum absolute atomic E-state index is 0.0371. The summed E-state index contributed by atoms with van der Waals surface area (Å²) in [4.78, 5) is 15.8. The third-order valence-electron chi connectivity index (χ3n) is 2.93. The molecule has 0 radical (unpaired) electrons. The molecule has 1 heterocycles. The van der Waals surface area contributed by atoms with Crippen LogP contribution in [-0.4, -0.2) is 22.7 Å². The van der Waals surface area contributed by atoms with Crippen LogP contribution >= 0.6 is 23.2 Å². The maximum Gasteiger partial charge on any atom is 0.315 e. The van der Waals surface area contributed by atoms with E-state index < -0.39 is 12.1 Å². The smallest absolute Gasteiger partial charge is 0.315 e. The number of aromatic nitrogens is 1. The second-order valence-electron chi connectivity index (χ2n) is 4.57. The van der Waals surface area contributed by atoms with Crippen molar-refractivity contribution in [3.63, 3.8) is 0 Å². The van der Waals surface area contributed by atoms with E-state index in [0.29, 0.717) is 22.2 Å². The fourth-order valence-corrected chi connectivity index (χ4v) is 2.34. The van der Waals surface area contributed by atoms with Crippen molar-refractivity contribution in [2.45, 2.75) is 12.6 Å². The summed E-state index contributed by atoms with van der Waals surface area (Å²) in [6, 6.07) is 9.86. The van der Waals surface area contributed by atoms with Crippen molar-refractivity contribution in [1.82, 2.24) is 15.6 Å². The average molecular weight is 340 g/mol. The Morgan fingerprint density at radius 3 is 2.73 bits per heavy atom. The molecule has 0 spiro atoms. The van der Waals surface area contributed by atoms with Crippen molar-refractivity contribution in [2.75, 3.05) is 6.54 Å². The highest BCUT2D eigenvalue weighted by Crippen LogP contribution is 2.25. The largest absolute Gasteiger partial charge is 0.387 e. The van der Waals surface area contributed by atoms with E-state index in [1.807, 2.05) is 12.1 Å². The zero-order valence-electron chi connectivity index (χ0n) is 11.6. The van der Waals surface area contributed by atoms with E-state index in [2.05, 4.69) is 15.6 Å². The molecule has 2 amide bonds. The SMILES string of the molecule is O=C(NCc1ccccn1)NCC(O)c1ccc(Cl)cc1Cl. The van der Waals surface area contributed by atoms with Crippen LogP contribution in [0.2, 0.25) is 10.0 Å². The number of pyridine rings is 1. The molecule has 1 aromatic heterocycles. The molecular formula is C15H15Cl2N3O2. The number of benzene rings is 1. The lowest BCUT2D eigenvalue weighted by Crippen LogP contribution is -2.37. The third kappa shape index (κ3) is 4.87. The molecule has 2 aromatic rings. The van der Waals surface area contributed by atoms with Crippen LogP contribution in [0.15, 0.2) is 42.6 Å². The van der Waals surface area contributed by atoms with Gasteiger partial charge in [-0.25, -0.2) is 4.79 Å². The van der Waals surface area contributed by atoms with Gasteiger partial charge in [0.2, 0.25) is 0 Å². The second-order valence-corrected chi connectivity index (χ2v) is 5.41. The molecule has 7 heteroatoms. The number of amides is 2. The monoisotopic (exact) mass is 339 g/mol. The van der Waals surface area contributed by atoms with Crippen LogP contribution in [0.25, 0.3) is 0 Å². The zero-order chi connectivity index (χ0) is 15.9. The summed E-state index contributed by atoms with van der Waals surface area (Å²) in [7, 11) is 0. The van der Waals surface area contributed by atoms with Gasteiger partial charge in [-0.3, -0.25) is 4.98 Å². The molecule has 0 bridgehead atoms. The van der Waals surface area contributed by atoms with Gasteiger partial charge in [0, 0.05) is 28.4 Å².